The summed E-state index contributed by atoms with van der Waals surface area (Å²) in [6.07, 6.45) is 0. The van der Waals surface area contributed by atoms with Gasteiger partial charge in [0.2, 0.25) is 0 Å². The summed E-state index contributed by atoms with van der Waals surface area (Å²) in [5.41, 5.74) is 4.69. The highest BCUT2D eigenvalue weighted by Crippen LogP contribution is 2.24. The van der Waals surface area contributed by atoms with E-state index in [-0.39, 0.29) is 23.1 Å². The minimum absolute atomic E-state index is 0.00426. The fourth-order valence-electron chi connectivity index (χ4n) is 2.49. The first-order valence-corrected chi connectivity index (χ1v) is 7.82. The first-order chi connectivity index (χ1) is 10.9. The third-order valence-electron chi connectivity index (χ3n) is 4.97. The van der Waals surface area contributed by atoms with Crippen molar-refractivity contribution < 1.29 is 19.2 Å². The number of carbonyl (C=O) groups is 4. The quantitative estimate of drug-likeness (QED) is 0.637. The van der Waals surface area contributed by atoms with Crippen molar-refractivity contribution in [2.24, 2.45) is 0 Å². The third-order valence-corrected chi connectivity index (χ3v) is 4.97. The van der Waals surface area contributed by atoms with Crippen molar-refractivity contribution in [3.05, 3.63) is 44.6 Å². The maximum absolute atomic E-state index is 11.4. The summed E-state index contributed by atoms with van der Waals surface area (Å²) in [5.74, 6) is 0.0170. The Hall–Kier alpha value is -2.36. The Morgan fingerprint density at radius 2 is 0.375 bits per heavy atom. The Labute approximate surface area is 143 Å². The van der Waals surface area contributed by atoms with E-state index in [4.69, 9.17) is 0 Å². The van der Waals surface area contributed by atoms with Gasteiger partial charge in [0.15, 0.2) is 23.1 Å². The summed E-state index contributed by atoms with van der Waals surface area (Å²) in [7, 11) is 0. The molecule has 0 amide bonds. The molecule has 0 radical (unpaired) electrons. The van der Waals surface area contributed by atoms with Gasteiger partial charge in [-0.3, -0.25) is 19.2 Å². The topological polar surface area (TPSA) is 68.3 Å². The molecule has 0 aliphatic heterocycles. The molecule has 0 bridgehead atoms. The molecule has 0 heterocycles. The molecule has 2 rings (SSSR count). The van der Waals surface area contributed by atoms with Crippen molar-refractivity contribution >= 4 is 23.1 Å². The monoisotopic (exact) mass is 328 g/mol. The summed E-state index contributed by atoms with van der Waals surface area (Å²) in [6.45, 7) is 13.6. The van der Waals surface area contributed by atoms with E-state index in [0.717, 1.165) is 0 Å². The molecule has 0 atom stereocenters. The van der Waals surface area contributed by atoms with E-state index in [1.807, 2.05) is 0 Å². The van der Waals surface area contributed by atoms with E-state index >= 15 is 0 Å². The molecule has 0 fully saturated rings. The van der Waals surface area contributed by atoms with Crippen LogP contribution in [0.5, 0.6) is 0 Å². The van der Waals surface area contributed by atoms with Crippen molar-refractivity contribution in [3.63, 3.8) is 0 Å². The van der Waals surface area contributed by atoms with Crippen LogP contribution >= 0.6 is 0 Å². The molecular formula is C20H24O4. The number of Topliss-reactive ketones (excluding diaryl/α,β-unsaturated/α-hetero) is 4. The van der Waals surface area contributed by atoms with Crippen molar-refractivity contribution in [1.82, 2.24) is 0 Å². The van der Waals surface area contributed by atoms with E-state index in [1.54, 1.807) is 55.4 Å². The van der Waals surface area contributed by atoms with Gasteiger partial charge in [0.05, 0.1) is 0 Å². The van der Waals surface area contributed by atoms with E-state index in [1.165, 1.54) is 0 Å². The molecule has 128 valence electrons. The van der Waals surface area contributed by atoms with Crippen LogP contribution in [0, 0.1) is 0 Å². The van der Waals surface area contributed by atoms with E-state index < -0.39 is 0 Å². The molecule has 0 aromatic carbocycles. The average Bonchev–Trinajstić information content (AvgIpc) is 2.58. The molecule has 4 nitrogen and oxygen atoms in total. The summed E-state index contributed by atoms with van der Waals surface area (Å²) in [6, 6.07) is 0. The number of rotatable bonds is 0. The fraction of sp³-hybridized carbons (Fsp3) is 0.400. The summed E-state index contributed by atoms with van der Waals surface area (Å²) < 4.78 is 0. The van der Waals surface area contributed by atoms with Crippen LogP contribution in [-0.2, 0) is 19.2 Å². The SMILES string of the molecule is CC1=C(C)C(=O)C(C)=C(C)C1=O.CC1=C(C)C(=O)C(C)=C(C)C1=O. The Morgan fingerprint density at radius 3 is 0.458 bits per heavy atom. The second-order valence-corrected chi connectivity index (χ2v) is 6.32. The van der Waals surface area contributed by atoms with Gasteiger partial charge in [-0.15, -0.1) is 0 Å². The van der Waals surface area contributed by atoms with Crippen LogP contribution in [0.4, 0.5) is 0 Å². The molecule has 0 aromatic heterocycles. The molecule has 0 N–H and O–H groups in total. The first kappa shape index (κ1) is 19.7. The van der Waals surface area contributed by atoms with Gasteiger partial charge >= 0.3 is 0 Å². The number of ketones is 4. The zero-order valence-corrected chi connectivity index (χ0v) is 15.6. The number of hydrogen-bond donors (Lipinski definition) is 0. The maximum atomic E-state index is 11.4. The van der Waals surface area contributed by atoms with Gasteiger partial charge in [-0.1, -0.05) is 0 Å². The highest BCUT2D eigenvalue weighted by atomic mass is 16.1. The normalized spacial score (nSPS) is 19.3. The van der Waals surface area contributed by atoms with Crippen LogP contribution in [0.2, 0.25) is 0 Å². The molecule has 2 aliphatic rings. The molecular weight excluding hydrogens is 304 g/mol. The lowest BCUT2D eigenvalue weighted by Gasteiger charge is -2.15. The lowest BCUT2D eigenvalue weighted by molar-refractivity contribution is -0.116. The predicted molar refractivity (Wildman–Crippen MR) is 93.5 cm³/mol. The van der Waals surface area contributed by atoms with E-state index in [0.29, 0.717) is 44.6 Å². The molecule has 2 aliphatic carbocycles. The van der Waals surface area contributed by atoms with Crippen LogP contribution in [-0.4, -0.2) is 23.1 Å². The van der Waals surface area contributed by atoms with Crippen LogP contribution in [0.3, 0.4) is 0 Å². The zero-order chi connectivity index (χ0) is 18.9. The molecule has 0 saturated carbocycles. The number of allylic oxidation sites excluding steroid dienone is 8. The fourth-order valence-corrected chi connectivity index (χ4v) is 2.49. The maximum Gasteiger partial charge on any atom is 0.185 e. The minimum Gasteiger partial charge on any atom is -0.289 e. The van der Waals surface area contributed by atoms with Crippen molar-refractivity contribution in [2.45, 2.75) is 55.4 Å². The molecule has 0 spiro atoms. The van der Waals surface area contributed by atoms with Gasteiger partial charge in [0.1, 0.15) is 0 Å². The van der Waals surface area contributed by atoms with Gasteiger partial charge in [0.25, 0.3) is 0 Å². The minimum atomic E-state index is 0.00426. The Balaban J connectivity index is 0.000000240. The number of hydrogen-bond acceptors (Lipinski definition) is 4. The first-order valence-electron chi connectivity index (χ1n) is 7.82. The van der Waals surface area contributed by atoms with Gasteiger partial charge in [-0.25, -0.2) is 0 Å². The second-order valence-electron chi connectivity index (χ2n) is 6.32. The Kier molecular flexibility index (Phi) is 5.77. The average molecular weight is 328 g/mol. The lowest BCUT2D eigenvalue weighted by atomic mass is 9.87. The van der Waals surface area contributed by atoms with Crippen LogP contribution < -0.4 is 0 Å². The van der Waals surface area contributed by atoms with Gasteiger partial charge in [-0.05, 0) is 55.4 Å². The van der Waals surface area contributed by atoms with E-state index in [9.17, 15) is 19.2 Å². The molecule has 0 unspecified atom stereocenters. The highest BCUT2D eigenvalue weighted by Gasteiger charge is 2.25. The smallest absolute Gasteiger partial charge is 0.185 e. The molecule has 4 heteroatoms. The molecule has 24 heavy (non-hydrogen) atoms. The van der Waals surface area contributed by atoms with E-state index in [2.05, 4.69) is 0 Å². The van der Waals surface area contributed by atoms with Crippen LogP contribution in [0.15, 0.2) is 44.6 Å². The summed E-state index contributed by atoms with van der Waals surface area (Å²) in [5, 5.41) is 0. The standard InChI is InChI=1S/2C10H12O2/c2*1-5-6(2)10(12)8(4)7(3)9(5)11/h2*1-4H3. The Bertz CT molecular complexity index is 603. The van der Waals surface area contributed by atoms with Gasteiger partial charge < -0.3 is 0 Å². The Morgan fingerprint density at radius 1 is 0.292 bits per heavy atom. The summed E-state index contributed by atoms with van der Waals surface area (Å²) >= 11 is 0. The lowest BCUT2D eigenvalue weighted by Crippen LogP contribution is -2.18. The largest absolute Gasteiger partial charge is 0.289 e. The van der Waals surface area contributed by atoms with Crippen molar-refractivity contribution in [1.29, 1.82) is 0 Å². The molecule has 0 saturated heterocycles. The predicted octanol–water partition coefficient (Wildman–Crippen LogP) is 3.62. The summed E-state index contributed by atoms with van der Waals surface area (Å²) in [4.78, 5) is 45.7. The van der Waals surface area contributed by atoms with Gasteiger partial charge in [-0.2, -0.15) is 0 Å². The van der Waals surface area contributed by atoms with Crippen molar-refractivity contribution in [2.75, 3.05) is 0 Å². The number of carbonyl (C=O) groups excluding carboxylic acids is 4. The highest BCUT2D eigenvalue weighted by molar-refractivity contribution is 6.25. The third kappa shape index (κ3) is 3.28. The van der Waals surface area contributed by atoms with Crippen LogP contribution in [0.25, 0.3) is 0 Å². The van der Waals surface area contributed by atoms with Crippen LogP contribution in [0.1, 0.15) is 55.4 Å². The van der Waals surface area contributed by atoms with Crippen molar-refractivity contribution in [3.8, 4) is 0 Å². The molecule has 0 aromatic rings. The van der Waals surface area contributed by atoms with Gasteiger partial charge in [0, 0.05) is 44.6 Å². The zero-order valence-electron chi connectivity index (χ0n) is 15.6. The second kappa shape index (κ2) is 7.04.